The van der Waals surface area contributed by atoms with Crippen molar-refractivity contribution in [3.05, 3.63) is 23.8 Å². The zero-order chi connectivity index (χ0) is 7.98. The molecular weight excluding hydrogens is 120 g/mol. The Bertz CT molecular complexity index is 177. The molecule has 0 aromatic heterocycles. The van der Waals surface area contributed by atoms with Crippen LogP contribution in [-0.2, 0) is 0 Å². The monoisotopic (exact) mass is 134 g/mol. The molecule has 0 saturated carbocycles. The van der Waals surface area contributed by atoms with Gasteiger partial charge in [0.1, 0.15) is 0 Å². The molecular formula is C10H14. The second-order valence-corrected chi connectivity index (χ2v) is 2.53. The Morgan fingerprint density at radius 1 is 1.60 bits per heavy atom. The number of hydrogen-bond donors (Lipinski definition) is 0. The lowest BCUT2D eigenvalue weighted by Gasteiger charge is -1.92. The summed E-state index contributed by atoms with van der Waals surface area (Å²) in [5.41, 5.74) is 2.22. The highest BCUT2D eigenvalue weighted by atomic mass is 13.9. The highest BCUT2D eigenvalue weighted by molar-refractivity contribution is 5.22. The van der Waals surface area contributed by atoms with Crippen LogP contribution >= 0.6 is 0 Å². The van der Waals surface area contributed by atoms with E-state index in [1.165, 1.54) is 5.57 Å². The van der Waals surface area contributed by atoms with Crippen molar-refractivity contribution in [1.29, 1.82) is 0 Å². The van der Waals surface area contributed by atoms with Crippen molar-refractivity contribution >= 4 is 0 Å². The van der Waals surface area contributed by atoms with E-state index in [1.54, 1.807) is 0 Å². The molecule has 0 bridgehead atoms. The summed E-state index contributed by atoms with van der Waals surface area (Å²) in [5.74, 6) is 2.57. The molecule has 0 nitrogen and oxygen atoms in total. The van der Waals surface area contributed by atoms with Crippen LogP contribution in [0.1, 0.15) is 26.7 Å². The van der Waals surface area contributed by atoms with E-state index in [1.807, 2.05) is 13.8 Å². The average molecular weight is 134 g/mol. The topological polar surface area (TPSA) is 0 Å². The number of hydrogen-bond acceptors (Lipinski definition) is 0. The van der Waals surface area contributed by atoms with Crippen LogP contribution in [0.5, 0.6) is 0 Å². The summed E-state index contributed by atoms with van der Waals surface area (Å²) >= 11 is 0. The van der Waals surface area contributed by atoms with E-state index in [2.05, 4.69) is 18.6 Å². The molecule has 0 aliphatic carbocycles. The average Bonchev–Trinajstić information content (AvgIpc) is 1.87. The fraction of sp³-hybridized carbons (Fsp3) is 0.400. The summed E-state index contributed by atoms with van der Waals surface area (Å²) < 4.78 is 0. The van der Waals surface area contributed by atoms with Crippen LogP contribution in [0, 0.1) is 12.3 Å². The third-order valence-corrected chi connectivity index (χ3v) is 1.25. The maximum Gasteiger partial charge on any atom is -0.00532 e. The van der Waals surface area contributed by atoms with Crippen molar-refractivity contribution in [2.75, 3.05) is 0 Å². The lowest BCUT2D eigenvalue weighted by Crippen LogP contribution is -1.73. The first-order valence-electron chi connectivity index (χ1n) is 3.44. The van der Waals surface area contributed by atoms with E-state index in [4.69, 9.17) is 6.42 Å². The summed E-state index contributed by atoms with van der Waals surface area (Å²) in [6.07, 6.45) is 9.27. The lowest BCUT2D eigenvalue weighted by molar-refractivity contribution is 0.978. The molecule has 0 atom stereocenters. The SMILES string of the molecule is C#C/C(C)=C/CCC(=C)C. The molecule has 54 valence electrons. The second kappa shape index (κ2) is 4.88. The van der Waals surface area contributed by atoms with Crippen molar-refractivity contribution < 1.29 is 0 Å². The summed E-state index contributed by atoms with van der Waals surface area (Å²) in [6, 6.07) is 0. The Morgan fingerprint density at radius 3 is 2.60 bits per heavy atom. The third-order valence-electron chi connectivity index (χ3n) is 1.25. The Kier molecular flexibility index (Phi) is 4.41. The molecule has 0 fully saturated rings. The molecule has 0 aliphatic rings. The standard InChI is InChI=1S/C10H14/c1-5-10(4)8-6-7-9(2)3/h1,8H,2,6-7H2,3-4H3/b10-8+. The Labute approximate surface area is 63.6 Å². The van der Waals surface area contributed by atoms with E-state index < -0.39 is 0 Å². The van der Waals surface area contributed by atoms with Crippen LogP contribution < -0.4 is 0 Å². The minimum Gasteiger partial charge on any atom is -0.115 e. The van der Waals surface area contributed by atoms with Crippen molar-refractivity contribution in [2.24, 2.45) is 0 Å². The fourth-order valence-electron chi connectivity index (χ4n) is 0.594. The smallest absolute Gasteiger partial charge is 0.00532 e. The van der Waals surface area contributed by atoms with Crippen LogP contribution in [0.25, 0.3) is 0 Å². The minimum atomic E-state index is 1.02. The summed E-state index contributed by atoms with van der Waals surface area (Å²) in [4.78, 5) is 0. The van der Waals surface area contributed by atoms with Gasteiger partial charge in [-0.15, -0.1) is 13.0 Å². The van der Waals surface area contributed by atoms with Crippen LogP contribution in [0.15, 0.2) is 23.8 Å². The van der Waals surface area contributed by atoms with E-state index in [9.17, 15) is 0 Å². The summed E-state index contributed by atoms with van der Waals surface area (Å²) in [5, 5.41) is 0. The van der Waals surface area contributed by atoms with E-state index in [-0.39, 0.29) is 0 Å². The lowest BCUT2D eigenvalue weighted by atomic mass is 10.1. The second-order valence-electron chi connectivity index (χ2n) is 2.53. The predicted molar refractivity (Wildman–Crippen MR) is 46.6 cm³/mol. The molecule has 0 rings (SSSR count). The normalized spacial score (nSPS) is 10.7. The molecule has 0 saturated heterocycles. The van der Waals surface area contributed by atoms with E-state index in [0.717, 1.165) is 18.4 Å². The fourth-order valence-corrected chi connectivity index (χ4v) is 0.594. The van der Waals surface area contributed by atoms with Gasteiger partial charge in [0, 0.05) is 0 Å². The van der Waals surface area contributed by atoms with Crippen molar-refractivity contribution in [1.82, 2.24) is 0 Å². The van der Waals surface area contributed by atoms with Crippen molar-refractivity contribution in [2.45, 2.75) is 26.7 Å². The number of terminal acetylenes is 1. The van der Waals surface area contributed by atoms with Gasteiger partial charge in [0.15, 0.2) is 0 Å². The van der Waals surface area contributed by atoms with Gasteiger partial charge in [-0.1, -0.05) is 17.6 Å². The van der Waals surface area contributed by atoms with Gasteiger partial charge in [0.05, 0.1) is 0 Å². The molecule has 10 heavy (non-hydrogen) atoms. The maximum atomic E-state index is 5.15. The molecule has 0 amide bonds. The molecule has 0 aromatic rings. The highest BCUT2D eigenvalue weighted by Gasteiger charge is 1.84. The van der Waals surface area contributed by atoms with Crippen molar-refractivity contribution in [3.63, 3.8) is 0 Å². The van der Waals surface area contributed by atoms with E-state index >= 15 is 0 Å². The molecule has 0 N–H and O–H groups in total. The van der Waals surface area contributed by atoms with Gasteiger partial charge >= 0.3 is 0 Å². The largest absolute Gasteiger partial charge is 0.115 e. The predicted octanol–water partition coefficient (Wildman–Crippen LogP) is 2.92. The molecule has 0 spiro atoms. The molecule has 0 radical (unpaired) electrons. The van der Waals surface area contributed by atoms with Gasteiger partial charge in [-0.25, -0.2) is 0 Å². The number of rotatable bonds is 3. The van der Waals surface area contributed by atoms with Crippen LogP contribution in [0.2, 0.25) is 0 Å². The van der Waals surface area contributed by atoms with Crippen LogP contribution in [0.4, 0.5) is 0 Å². The molecule has 0 heteroatoms. The number of allylic oxidation sites excluding steroid dienone is 3. The Morgan fingerprint density at radius 2 is 2.20 bits per heavy atom. The zero-order valence-corrected chi connectivity index (χ0v) is 6.78. The highest BCUT2D eigenvalue weighted by Crippen LogP contribution is 2.03. The summed E-state index contributed by atoms with van der Waals surface area (Å²) in [7, 11) is 0. The van der Waals surface area contributed by atoms with Gasteiger partial charge < -0.3 is 0 Å². The molecule has 0 aliphatic heterocycles. The molecule has 0 aromatic carbocycles. The first-order chi connectivity index (χ1) is 4.66. The van der Waals surface area contributed by atoms with Gasteiger partial charge in [0.2, 0.25) is 0 Å². The zero-order valence-electron chi connectivity index (χ0n) is 6.78. The Hall–Kier alpha value is -0.960. The quantitative estimate of drug-likeness (QED) is 0.411. The van der Waals surface area contributed by atoms with Gasteiger partial charge in [-0.3, -0.25) is 0 Å². The third kappa shape index (κ3) is 5.18. The van der Waals surface area contributed by atoms with Crippen molar-refractivity contribution in [3.8, 4) is 12.3 Å². The first kappa shape index (κ1) is 9.04. The van der Waals surface area contributed by atoms with Gasteiger partial charge in [0.25, 0.3) is 0 Å². The van der Waals surface area contributed by atoms with Crippen LogP contribution in [0.3, 0.4) is 0 Å². The van der Waals surface area contributed by atoms with Gasteiger partial charge in [-0.05, 0) is 32.3 Å². The van der Waals surface area contributed by atoms with Crippen LogP contribution in [-0.4, -0.2) is 0 Å². The minimum absolute atomic E-state index is 1.02. The Balaban J connectivity index is 3.56. The van der Waals surface area contributed by atoms with E-state index in [0.29, 0.717) is 0 Å². The molecule has 0 heterocycles. The summed E-state index contributed by atoms with van der Waals surface area (Å²) in [6.45, 7) is 7.77. The molecule has 0 unspecified atom stereocenters. The van der Waals surface area contributed by atoms with Gasteiger partial charge in [-0.2, -0.15) is 0 Å². The first-order valence-corrected chi connectivity index (χ1v) is 3.44. The maximum absolute atomic E-state index is 5.15.